The molecule has 1 saturated heterocycles. The number of rotatable bonds is 8. The third-order valence-corrected chi connectivity index (χ3v) is 5.80. The van der Waals surface area contributed by atoms with Gasteiger partial charge in [0.05, 0.1) is 38.1 Å². The van der Waals surface area contributed by atoms with Gasteiger partial charge in [0.1, 0.15) is 38.9 Å². The number of para-hydroxylation sites is 2. The van der Waals surface area contributed by atoms with Crippen LogP contribution in [0, 0.1) is 11.3 Å². The number of quaternary nitrogens is 1. The molecule has 2 aliphatic heterocycles. The maximum absolute atomic E-state index is 10.7. The molecule has 164 valence electrons. The normalized spacial score (nSPS) is 20.6. The molecule has 2 aliphatic rings. The zero-order valence-corrected chi connectivity index (χ0v) is 17.6. The highest BCUT2D eigenvalue weighted by molar-refractivity contribution is 5.40. The van der Waals surface area contributed by atoms with Gasteiger partial charge in [-0.05, 0) is 24.3 Å². The zero-order chi connectivity index (χ0) is 21.5. The first-order chi connectivity index (χ1) is 15.2. The number of nitrogens with zero attached hydrogens (tertiary/aromatic N) is 2. The van der Waals surface area contributed by atoms with Crippen molar-refractivity contribution < 1.29 is 28.5 Å². The smallest absolute Gasteiger partial charge is 0.161 e. The minimum atomic E-state index is -0.590. The van der Waals surface area contributed by atoms with Crippen LogP contribution in [0.1, 0.15) is 11.1 Å². The highest BCUT2D eigenvalue weighted by Crippen LogP contribution is 2.30. The first kappa shape index (κ1) is 21.6. The van der Waals surface area contributed by atoms with Gasteiger partial charge in [-0.15, -0.1) is 0 Å². The van der Waals surface area contributed by atoms with Crippen molar-refractivity contribution in [3.63, 3.8) is 0 Å². The Balaban J connectivity index is 1.28. The van der Waals surface area contributed by atoms with Gasteiger partial charge in [0, 0.05) is 5.56 Å². The summed E-state index contributed by atoms with van der Waals surface area (Å²) in [5, 5.41) is 19.7. The molecule has 0 saturated carbocycles. The van der Waals surface area contributed by atoms with E-state index >= 15 is 0 Å². The fourth-order valence-corrected chi connectivity index (χ4v) is 4.19. The van der Waals surface area contributed by atoms with E-state index in [2.05, 4.69) is 6.07 Å². The van der Waals surface area contributed by atoms with Gasteiger partial charge in [-0.2, -0.15) is 5.26 Å². The molecule has 0 radical (unpaired) electrons. The fraction of sp³-hybridized carbons (Fsp3) is 0.458. The Morgan fingerprint density at radius 3 is 2.58 bits per heavy atom. The number of hydrogen-bond donors (Lipinski definition) is 1. The minimum absolute atomic E-state index is 0.188. The largest absolute Gasteiger partial charge is 0.486 e. The van der Waals surface area contributed by atoms with Crippen LogP contribution in [0.2, 0.25) is 0 Å². The van der Waals surface area contributed by atoms with Gasteiger partial charge >= 0.3 is 0 Å². The average Bonchev–Trinajstić information content (AvgIpc) is 2.80. The second kappa shape index (κ2) is 10.1. The van der Waals surface area contributed by atoms with Crippen LogP contribution in [0.15, 0.2) is 48.5 Å². The lowest BCUT2D eigenvalue weighted by Crippen LogP contribution is -2.58. The van der Waals surface area contributed by atoms with E-state index in [1.165, 1.54) is 0 Å². The molecule has 0 spiro atoms. The Labute approximate surface area is 182 Å². The van der Waals surface area contributed by atoms with Crippen molar-refractivity contribution in [2.45, 2.75) is 18.8 Å². The quantitative estimate of drug-likeness (QED) is 0.653. The topological polar surface area (TPSA) is 80.9 Å². The maximum atomic E-state index is 10.7. The van der Waals surface area contributed by atoms with E-state index in [4.69, 9.17) is 24.2 Å². The van der Waals surface area contributed by atoms with Crippen molar-refractivity contribution in [2.75, 3.05) is 52.7 Å². The van der Waals surface area contributed by atoms with Crippen molar-refractivity contribution in [3.8, 4) is 17.6 Å². The molecular weight excluding hydrogens is 396 g/mol. The summed E-state index contributed by atoms with van der Waals surface area (Å²) in [6, 6.07) is 17.4. The molecule has 2 aromatic carbocycles. The molecule has 7 nitrogen and oxygen atoms in total. The van der Waals surface area contributed by atoms with Gasteiger partial charge in [0.2, 0.25) is 0 Å². The van der Waals surface area contributed by atoms with Crippen LogP contribution in [-0.2, 0) is 16.0 Å². The van der Waals surface area contributed by atoms with Crippen LogP contribution < -0.4 is 9.47 Å². The molecule has 31 heavy (non-hydrogen) atoms. The van der Waals surface area contributed by atoms with Gasteiger partial charge in [0.15, 0.2) is 17.6 Å². The molecule has 7 heteroatoms. The van der Waals surface area contributed by atoms with Crippen molar-refractivity contribution >= 4 is 0 Å². The van der Waals surface area contributed by atoms with E-state index < -0.39 is 6.10 Å². The Kier molecular flexibility index (Phi) is 7.05. The van der Waals surface area contributed by atoms with Crippen molar-refractivity contribution in [3.05, 3.63) is 59.7 Å². The Hall–Kier alpha value is -2.63. The number of aliphatic hydroxyl groups is 1. The number of morpholine rings is 1. The molecule has 0 aliphatic carbocycles. The lowest BCUT2D eigenvalue weighted by Gasteiger charge is -2.42. The van der Waals surface area contributed by atoms with Crippen molar-refractivity contribution in [2.24, 2.45) is 0 Å². The van der Waals surface area contributed by atoms with Gasteiger partial charge in [-0.3, -0.25) is 0 Å². The second-order valence-corrected chi connectivity index (χ2v) is 8.24. The van der Waals surface area contributed by atoms with Crippen molar-refractivity contribution in [1.29, 1.82) is 5.26 Å². The predicted molar refractivity (Wildman–Crippen MR) is 114 cm³/mol. The van der Waals surface area contributed by atoms with Crippen LogP contribution in [0.25, 0.3) is 0 Å². The lowest BCUT2D eigenvalue weighted by molar-refractivity contribution is -0.950. The molecule has 0 bridgehead atoms. The Morgan fingerprint density at radius 2 is 1.84 bits per heavy atom. The molecule has 1 N–H and O–H groups in total. The first-order valence-electron chi connectivity index (χ1n) is 10.7. The van der Waals surface area contributed by atoms with Gasteiger partial charge in [0.25, 0.3) is 0 Å². The molecular formula is C24H29N2O5+. The van der Waals surface area contributed by atoms with Gasteiger partial charge in [-0.25, -0.2) is 0 Å². The highest BCUT2D eigenvalue weighted by atomic mass is 16.6. The van der Waals surface area contributed by atoms with Crippen LogP contribution in [-0.4, -0.2) is 74.5 Å². The standard InChI is InChI=1S/C24H29N2O5/c25-13-19-5-7-20(8-6-19)14-26(9-11-28-12-10-26)15-21(27)16-29-17-22-18-30-23-3-1-2-4-24(23)31-22/h1-8,21-22,27H,9-12,14-18H2/q+1/t21-,22+/m0/s1. The number of benzene rings is 2. The van der Waals surface area contributed by atoms with Crippen LogP contribution in [0.3, 0.4) is 0 Å². The van der Waals surface area contributed by atoms with E-state index in [1.807, 2.05) is 48.5 Å². The number of fused-ring (bicyclic) bond motifs is 1. The van der Waals surface area contributed by atoms with Gasteiger partial charge in [-0.1, -0.05) is 24.3 Å². The molecule has 2 aromatic rings. The van der Waals surface area contributed by atoms with E-state index in [-0.39, 0.29) is 12.7 Å². The van der Waals surface area contributed by atoms with Crippen LogP contribution in [0.4, 0.5) is 0 Å². The predicted octanol–water partition coefficient (Wildman–Crippen LogP) is 2.12. The summed E-state index contributed by atoms with van der Waals surface area (Å²) in [4.78, 5) is 0. The lowest BCUT2D eigenvalue weighted by atomic mass is 10.1. The van der Waals surface area contributed by atoms with E-state index in [0.29, 0.717) is 38.5 Å². The van der Waals surface area contributed by atoms with Crippen LogP contribution in [0.5, 0.6) is 11.5 Å². The van der Waals surface area contributed by atoms with E-state index in [1.54, 1.807) is 0 Å². The second-order valence-electron chi connectivity index (χ2n) is 8.24. The number of hydrogen-bond acceptors (Lipinski definition) is 6. The summed E-state index contributed by atoms with van der Waals surface area (Å²) in [7, 11) is 0. The molecule has 2 atom stereocenters. The molecule has 0 amide bonds. The third kappa shape index (κ3) is 5.75. The monoisotopic (exact) mass is 425 g/mol. The summed E-state index contributed by atoms with van der Waals surface area (Å²) in [6.07, 6.45) is -0.777. The van der Waals surface area contributed by atoms with Crippen LogP contribution >= 0.6 is 0 Å². The van der Waals surface area contributed by atoms with E-state index in [9.17, 15) is 5.11 Å². The highest BCUT2D eigenvalue weighted by Gasteiger charge is 2.33. The number of ether oxygens (including phenoxy) is 4. The molecule has 0 aromatic heterocycles. The Morgan fingerprint density at radius 1 is 1.10 bits per heavy atom. The fourth-order valence-electron chi connectivity index (χ4n) is 4.19. The maximum Gasteiger partial charge on any atom is 0.161 e. The Bertz CT molecular complexity index is 890. The molecule has 4 rings (SSSR count). The zero-order valence-electron chi connectivity index (χ0n) is 17.6. The summed E-state index contributed by atoms with van der Waals surface area (Å²) < 4.78 is 23.7. The SMILES string of the molecule is N#Cc1ccc(C[N+]2(C[C@H](O)COC[C@@H]3COc4ccccc4O3)CCOCC2)cc1. The summed E-state index contributed by atoms with van der Waals surface area (Å²) in [5.74, 6) is 1.48. The average molecular weight is 426 g/mol. The third-order valence-electron chi connectivity index (χ3n) is 5.80. The van der Waals surface area contributed by atoms with Gasteiger partial charge < -0.3 is 28.5 Å². The van der Waals surface area contributed by atoms with Crippen molar-refractivity contribution in [1.82, 2.24) is 0 Å². The minimum Gasteiger partial charge on any atom is -0.486 e. The summed E-state index contributed by atoms with van der Waals surface area (Å²) >= 11 is 0. The van der Waals surface area contributed by atoms with E-state index in [0.717, 1.165) is 41.2 Å². The number of nitriles is 1. The summed E-state index contributed by atoms with van der Waals surface area (Å²) in [5.41, 5.74) is 1.81. The molecule has 1 fully saturated rings. The molecule has 2 heterocycles. The number of aliphatic hydroxyl groups excluding tert-OH is 1. The molecule has 0 unspecified atom stereocenters. The first-order valence-corrected chi connectivity index (χ1v) is 10.7. The summed E-state index contributed by atoms with van der Waals surface area (Å²) in [6.45, 7) is 5.47.